The van der Waals surface area contributed by atoms with E-state index in [-0.39, 0.29) is 24.4 Å². The van der Waals surface area contributed by atoms with Crippen LogP contribution in [0.15, 0.2) is 72.8 Å². The number of nitrogens with one attached hydrogen (secondary N) is 3. The van der Waals surface area contributed by atoms with E-state index in [0.717, 1.165) is 53.5 Å². The number of fused-ring (bicyclic) bond motifs is 3. The number of carbonyl (C=O) groups excluding carboxylic acids is 1. The Balaban J connectivity index is 1.36. The quantitative estimate of drug-likeness (QED) is 0.355. The summed E-state index contributed by atoms with van der Waals surface area (Å²) < 4.78 is 2.06. The number of rotatable bonds is 6. The van der Waals surface area contributed by atoms with Gasteiger partial charge in [0.25, 0.3) is 5.91 Å². The van der Waals surface area contributed by atoms with Crippen LogP contribution in [0.5, 0.6) is 5.75 Å². The molecule has 1 aliphatic heterocycles. The fraction of sp³-hybridized carbons (Fsp3) is 0.240. The van der Waals surface area contributed by atoms with E-state index in [0.29, 0.717) is 0 Å². The Kier molecular flexibility index (Phi) is 5.77. The fourth-order valence-electron chi connectivity index (χ4n) is 4.49. The molecule has 1 atom stereocenters. The van der Waals surface area contributed by atoms with E-state index in [2.05, 4.69) is 49.9 Å². The zero-order valence-corrected chi connectivity index (χ0v) is 17.8. The molecule has 0 bridgehead atoms. The number of carbonyl (C=O) groups is 1. The van der Waals surface area contributed by atoms with Crippen molar-refractivity contribution in [3.63, 3.8) is 0 Å². The molecule has 1 fully saturated rings. The molecule has 0 radical (unpaired) electrons. The zero-order chi connectivity index (χ0) is 21.9. The van der Waals surface area contributed by atoms with Gasteiger partial charge in [0.15, 0.2) is 0 Å². The minimum absolute atomic E-state index is 0.115. The number of piperazine rings is 1. The number of benzene rings is 3. The van der Waals surface area contributed by atoms with Gasteiger partial charge in [-0.05, 0) is 29.8 Å². The maximum Gasteiger partial charge on any atom is 0.254 e. The molecule has 4 aromatic rings. The second-order valence-electron chi connectivity index (χ2n) is 8.09. The SMILES string of the molecule is O=C(Cn1c2ccccc2c2ccccc21)NNC(c1ccc(O)cc1)N1CCNCC1. The van der Waals surface area contributed by atoms with E-state index >= 15 is 0 Å². The van der Waals surface area contributed by atoms with Gasteiger partial charge in [-0.3, -0.25) is 15.1 Å². The van der Waals surface area contributed by atoms with Crippen molar-refractivity contribution in [2.24, 2.45) is 0 Å². The van der Waals surface area contributed by atoms with Crippen LogP contribution in [0.4, 0.5) is 0 Å². The first-order chi connectivity index (χ1) is 15.7. The summed E-state index contributed by atoms with van der Waals surface area (Å²) in [6.45, 7) is 3.73. The van der Waals surface area contributed by atoms with Crippen LogP contribution in [0.3, 0.4) is 0 Å². The smallest absolute Gasteiger partial charge is 0.254 e. The van der Waals surface area contributed by atoms with Crippen molar-refractivity contribution in [3.05, 3.63) is 78.4 Å². The first-order valence-corrected chi connectivity index (χ1v) is 10.9. The third-order valence-electron chi connectivity index (χ3n) is 6.06. The molecule has 7 heteroatoms. The molecule has 1 aromatic heterocycles. The van der Waals surface area contributed by atoms with Gasteiger partial charge in [-0.15, -0.1) is 0 Å². The molecule has 1 amide bonds. The van der Waals surface area contributed by atoms with Gasteiger partial charge < -0.3 is 15.0 Å². The minimum atomic E-state index is -0.181. The Morgan fingerprint density at radius 1 is 0.906 bits per heavy atom. The zero-order valence-electron chi connectivity index (χ0n) is 17.8. The number of phenols is 1. The Morgan fingerprint density at radius 3 is 2.12 bits per heavy atom. The number of hydrogen-bond acceptors (Lipinski definition) is 5. The van der Waals surface area contributed by atoms with Gasteiger partial charge >= 0.3 is 0 Å². The molecule has 0 aliphatic carbocycles. The van der Waals surface area contributed by atoms with Crippen LogP contribution < -0.4 is 16.2 Å². The lowest BCUT2D eigenvalue weighted by Crippen LogP contribution is -2.53. The number of phenolic OH excluding ortho intramolecular Hbond substituents is 1. The summed E-state index contributed by atoms with van der Waals surface area (Å²) in [7, 11) is 0. The summed E-state index contributed by atoms with van der Waals surface area (Å²) in [5.74, 6) is 0.110. The molecular weight excluding hydrogens is 402 g/mol. The van der Waals surface area contributed by atoms with Gasteiger partial charge in [0.2, 0.25) is 0 Å². The van der Waals surface area contributed by atoms with Crippen LogP contribution in [0.2, 0.25) is 0 Å². The lowest BCUT2D eigenvalue weighted by Gasteiger charge is -2.35. The molecule has 32 heavy (non-hydrogen) atoms. The van der Waals surface area contributed by atoms with Crippen LogP contribution in [0.25, 0.3) is 21.8 Å². The Hall–Kier alpha value is -3.39. The molecule has 0 spiro atoms. The van der Waals surface area contributed by atoms with Gasteiger partial charge in [0.05, 0.1) is 0 Å². The lowest BCUT2D eigenvalue weighted by molar-refractivity contribution is -0.123. The molecule has 5 rings (SSSR count). The van der Waals surface area contributed by atoms with Gasteiger partial charge in [-0.1, -0.05) is 48.5 Å². The first kappa shape index (κ1) is 20.5. The average molecular weight is 430 g/mol. The molecule has 7 nitrogen and oxygen atoms in total. The van der Waals surface area contributed by atoms with Gasteiger partial charge in [-0.2, -0.15) is 0 Å². The average Bonchev–Trinajstić information content (AvgIpc) is 3.15. The molecular formula is C25H27N5O2. The fourth-order valence-corrected chi connectivity index (χ4v) is 4.49. The number of hydrogen-bond donors (Lipinski definition) is 4. The molecule has 2 heterocycles. The highest BCUT2D eigenvalue weighted by molar-refractivity contribution is 6.08. The van der Waals surface area contributed by atoms with Crippen molar-refractivity contribution in [3.8, 4) is 5.75 Å². The lowest BCUT2D eigenvalue weighted by atomic mass is 10.1. The Bertz CT molecular complexity index is 1180. The van der Waals surface area contributed by atoms with E-state index in [9.17, 15) is 9.90 Å². The van der Waals surface area contributed by atoms with Gasteiger partial charge in [0, 0.05) is 48.0 Å². The van der Waals surface area contributed by atoms with Crippen LogP contribution in [-0.4, -0.2) is 46.7 Å². The van der Waals surface area contributed by atoms with E-state index in [4.69, 9.17) is 0 Å². The van der Waals surface area contributed by atoms with E-state index in [1.165, 1.54) is 0 Å². The summed E-state index contributed by atoms with van der Waals surface area (Å²) in [5.41, 5.74) is 9.24. The number of aromatic hydroxyl groups is 1. The number of hydrazine groups is 1. The predicted molar refractivity (Wildman–Crippen MR) is 126 cm³/mol. The summed E-state index contributed by atoms with van der Waals surface area (Å²) in [6.07, 6.45) is -0.181. The molecule has 1 unspecified atom stereocenters. The molecule has 164 valence electrons. The molecule has 1 saturated heterocycles. The number of nitrogens with zero attached hydrogens (tertiary/aromatic N) is 2. The first-order valence-electron chi connectivity index (χ1n) is 10.9. The van der Waals surface area contributed by atoms with Crippen LogP contribution >= 0.6 is 0 Å². The van der Waals surface area contributed by atoms with Crippen LogP contribution in [0, 0.1) is 0 Å². The van der Waals surface area contributed by atoms with Crippen molar-refractivity contribution in [1.29, 1.82) is 0 Å². The maximum atomic E-state index is 13.0. The second kappa shape index (κ2) is 9.00. The van der Waals surface area contributed by atoms with Crippen molar-refractivity contribution in [2.45, 2.75) is 12.7 Å². The van der Waals surface area contributed by atoms with Crippen molar-refractivity contribution in [1.82, 2.24) is 25.6 Å². The van der Waals surface area contributed by atoms with Crippen molar-refractivity contribution < 1.29 is 9.90 Å². The topological polar surface area (TPSA) is 81.6 Å². The minimum Gasteiger partial charge on any atom is -0.508 e. The highest BCUT2D eigenvalue weighted by Gasteiger charge is 2.23. The van der Waals surface area contributed by atoms with Crippen LogP contribution in [0.1, 0.15) is 11.7 Å². The maximum absolute atomic E-state index is 13.0. The molecule has 1 aliphatic rings. The third-order valence-corrected chi connectivity index (χ3v) is 6.06. The Morgan fingerprint density at radius 2 is 1.50 bits per heavy atom. The van der Waals surface area contributed by atoms with Crippen LogP contribution in [-0.2, 0) is 11.3 Å². The summed E-state index contributed by atoms with van der Waals surface area (Å²) in [4.78, 5) is 15.3. The summed E-state index contributed by atoms with van der Waals surface area (Å²) in [5, 5.41) is 15.3. The number of para-hydroxylation sites is 2. The Labute approximate surface area is 186 Å². The molecule has 0 saturated carbocycles. The summed E-state index contributed by atoms with van der Waals surface area (Å²) >= 11 is 0. The standard InChI is InChI=1S/C25H27N5O2/c31-19-11-9-18(10-12-19)25(29-15-13-26-14-16-29)28-27-24(32)17-30-22-7-3-1-5-20(22)21-6-2-4-8-23(21)30/h1-12,25-26,28,31H,13-17H2,(H,27,32). The van der Waals surface area contributed by atoms with Crippen molar-refractivity contribution >= 4 is 27.7 Å². The monoisotopic (exact) mass is 429 g/mol. The van der Waals surface area contributed by atoms with E-state index in [1.54, 1.807) is 12.1 Å². The highest BCUT2D eigenvalue weighted by Crippen LogP contribution is 2.28. The predicted octanol–water partition coefficient (Wildman–Crippen LogP) is 2.72. The highest BCUT2D eigenvalue weighted by atomic mass is 16.3. The normalized spacial score (nSPS) is 15.8. The van der Waals surface area contributed by atoms with E-state index in [1.807, 2.05) is 36.4 Å². The summed E-state index contributed by atoms with van der Waals surface area (Å²) in [6, 6.07) is 23.4. The number of aromatic nitrogens is 1. The number of amides is 1. The molecule has 4 N–H and O–H groups in total. The third kappa shape index (κ3) is 4.05. The second-order valence-corrected chi connectivity index (χ2v) is 8.09. The largest absolute Gasteiger partial charge is 0.508 e. The van der Waals surface area contributed by atoms with Crippen molar-refractivity contribution in [2.75, 3.05) is 26.2 Å². The molecule has 3 aromatic carbocycles. The van der Waals surface area contributed by atoms with Gasteiger partial charge in [0.1, 0.15) is 18.5 Å². The van der Waals surface area contributed by atoms with Gasteiger partial charge in [-0.25, -0.2) is 5.43 Å². The van der Waals surface area contributed by atoms with E-state index < -0.39 is 0 Å².